The average Bonchev–Trinajstić information content (AvgIpc) is 2.94. The van der Waals surface area contributed by atoms with Crippen molar-refractivity contribution in [2.45, 2.75) is 20.3 Å². The minimum Gasteiger partial charge on any atom is -0.481 e. The zero-order valence-corrected chi connectivity index (χ0v) is 11.7. The van der Waals surface area contributed by atoms with Crippen molar-refractivity contribution in [1.82, 2.24) is 9.88 Å². The molecule has 1 saturated heterocycles. The number of aliphatic carboxylic acids is 1. The van der Waals surface area contributed by atoms with E-state index in [1.54, 1.807) is 17.9 Å². The number of carbonyl (C=O) groups is 2. The van der Waals surface area contributed by atoms with Crippen molar-refractivity contribution in [3.05, 3.63) is 22.2 Å². The van der Waals surface area contributed by atoms with Gasteiger partial charge in [-0.15, -0.1) is 11.3 Å². The van der Waals surface area contributed by atoms with Crippen LogP contribution < -0.4 is 0 Å². The molecule has 2 rings (SSSR count). The highest BCUT2D eigenvalue weighted by Gasteiger charge is 2.41. The fourth-order valence-corrected chi connectivity index (χ4v) is 2.62. The van der Waals surface area contributed by atoms with Gasteiger partial charge in [-0.1, -0.05) is 0 Å². The van der Waals surface area contributed by atoms with Gasteiger partial charge in [0.25, 0.3) is 0 Å². The molecule has 0 spiro atoms. The predicted octanol–water partition coefficient (Wildman–Crippen LogP) is 1.79. The zero-order valence-electron chi connectivity index (χ0n) is 10.9. The number of nitrogens with zero attached hydrogens (tertiary/aromatic N) is 2. The second-order valence-corrected chi connectivity index (χ2v) is 6.06. The first kappa shape index (κ1) is 13.7. The monoisotopic (exact) mass is 280 g/mol. The van der Waals surface area contributed by atoms with Crippen molar-refractivity contribution in [3.63, 3.8) is 0 Å². The Hall–Kier alpha value is -1.69. The lowest BCUT2D eigenvalue weighted by atomic mass is 9.90. The molecule has 1 aliphatic rings. The highest BCUT2D eigenvalue weighted by Crippen LogP contribution is 2.30. The van der Waals surface area contributed by atoms with Crippen LogP contribution in [0.5, 0.6) is 0 Å². The fourth-order valence-electron chi connectivity index (χ4n) is 2.04. The first-order valence-electron chi connectivity index (χ1n) is 6.03. The van der Waals surface area contributed by atoms with Gasteiger partial charge in [0.15, 0.2) is 0 Å². The fraction of sp³-hybridized carbons (Fsp3) is 0.462. The molecule has 0 saturated carbocycles. The molecule has 5 nitrogen and oxygen atoms in total. The molecule has 1 aromatic heterocycles. The van der Waals surface area contributed by atoms with Gasteiger partial charge in [-0.3, -0.25) is 9.59 Å². The third-order valence-electron chi connectivity index (χ3n) is 3.33. The molecule has 0 aliphatic carbocycles. The smallest absolute Gasteiger partial charge is 0.311 e. The summed E-state index contributed by atoms with van der Waals surface area (Å²) >= 11 is 1.53. The Morgan fingerprint density at radius 1 is 1.58 bits per heavy atom. The molecule has 1 aromatic rings. The number of carboxylic acids is 1. The van der Waals surface area contributed by atoms with E-state index in [1.165, 1.54) is 17.4 Å². The van der Waals surface area contributed by atoms with Crippen molar-refractivity contribution in [2.24, 2.45) is 5.41 Å². The number of amides is 1. The number of thiazole rings is 1. The molecule has 0 aromatic carbocycles. The molecule has 19 heavy (non-hydrogen) atoms. The second-order valence-electron chi connectivity index (χ2n) is 5.00. The lowest BCUT2D eigenvalue weighted by Gasteiger charge is -2.18. The second kappa shape index (κ2) is 5.13. The highest BCUT2D eigenvalue weighted by atomic mass is 32.1. The first-order valence-corrected chi connectivity index (χ1v) is 6.91. The molecule has 1 amide bonds. The lowest BCUT2D eigenvalue weighted by Crippen LogP contribution is -2.34. The maximum Gasteiger partial charge on any atom is 0.311 e. The largest absolute Gasteiger partial charge is 0.481 e. The molecule has 1 atom stereocenters. The van der Waals surface area contributed by atoms with E-state index in [9.17, 15) is 9.59 Å². The number of hydrogen-bond donors (Lipinski definition) is 1. The summed E-state index contributed by atoms with van der Waals surface area (Å²) < 4.78 is 0. The predicted molar refractivity (Wildman–Crippen MR) is 72.8 cm³/mol. The van der Waals surface area contributed by atoms with Gasteiger partial charge in [0.2, 0.25) is 5.91 Å². The quantitative estimate of drug-likeness (QED) is 0.857. The number of aromatic nitrogens is 1. The summed E-state index contributed by atoms with van der Waals surface area (Å²) in [5.41, 5.74) is -0.0585. The molecule has 6 heteroatoms. The maximum atomic E-state index is 12.0. The highest BCUT2D eigenvalue weighted by molar-refractivity contribution is 7.09. The molecule has 102 valence electrons. The number of rotatable bonds is 3. The minimum absolute atomic E-state index is 0.157. The van der Waals surface area contributed by atoms with Gasteiger partial charge >= 0.3 is 5.97 Å². The van der Waals surface area contributed by atoms with E-state index < -0.39 is 11.4 Å². The van der Waals surface area contributed by atoms with Crippen LogP contribution in [0.2, 0.25) is 0 Å². The van der Waals surface area contributed by atoms with E-state index in [1.807, 2.05) is 12.3 Å². The summed E-state index contributed by atoms with van der Waals surface area (Å²) in [6.07, 6.45) is 3.63. The number of likely N-dealkylation sites (tertiary alicyclic amines) is 1. The van der Waals surface area contributed by atoms with Crippen molar-refractivity contribution in [1.29, 1.82) is 0 Å². The molecule has 1 aliphatic heterocycles. The number of hydrogen-bond acceptors (Lipinski definition) is 4. The minimum atomic E-state index is -0.845. The van der Waals surface area contributed by atoms with Gasteiger partial charge in [0, 0.05) is 24.5 Å². The number of aryl methyl sites for hydroxylation is 1. The molecule has 1 unspecified atom stereocenters. The normalized spacial score (nSPS) is 23.2. The van der Waals surface area contributed by atoms with Crippen LogP contribution in [0.4, 0.5) is 0 Å². The van der Waals surface area contributed by atoms with E-state index in [-0.39, 0.29) is 12.5 Å². The van der Waals surface area contributed by atoms with Gasteiger partial charge in [0.05, 0.1) is 16.1 Å². The summed E-state index contributed by atoms with van der Waals surface area (Å²) in [5, 5.41) is 11.9. The Bertz CT molecular complexity index is 538. The number of carbonyl (C=O) groups excluding carboxylic acids is 1. The van der Waals surface area contributed by atoms with Crippen LogP contribution in [0.1, 0.15) is 24.0 Å². The Labute approximate surface area is 115 Å². The van der Waals surface area contributed by atoms with Gasteiger partial charge < -0.3 is 10.0 Å². The summed E-state index contributed by atoms with van der Waals surface area (Å²) in [4.78, 5) is 28.9. The van der Waals surface area contributed by atoms with Gasteiger partial charge in [0.1, 0.15) is 0 Å². The lowest BCUT2D eigenvalue weighted by molar-refractivity contribution is -0.147. The molecule has 0 bridgehead atoms. The van der Waals surface area contributed by atoms with E-state index >= 15 is 0 Å². The Morgan fingerprint density at radius 2 is 2.32 bits per heavy atom. The van der Waals surface area contributed by atoms with Crippen LogP contribution in [0.3, 0.4) is 0 Å². The van der Waals surface area contributed by atoms with Crippen molar-refractivity contribution in [2.75, 3.05) is 13.1 Å². The third kappa shape index (κ3) is 3.01. The van der Waals surface area contributed by atoms with Crippen molar-refractivity contribution >= 4 is 29.3 Å². The van der Waals surface area contributed by atoms with Crippen molar-refractivity contribution in [3.8, 4) is 0 Å². The van der Waals surface area contributed by atoms with E-state index in [0.29, 0.717) is 13.0 Å². The molecular formula is C13H16N2O3S. The van der Waals surface area contributed by atoms with E-state index in [4.69, 9.17) is 5.11 Å². The van der Waals surface area contributed by atoms with Gasteiger partial charge in [-0.05, 0) is 26.3 Å². The molecule has 1 N–H and O–H groups in total. The summed E-state index contributed by atoms with van der Waals surface area (Å²) in [7, 11) is 0. The summed E-state index contributed by atoms with van der Waals surface area (Å²) in [6.45, 7) is 4.34. The van der Waals surface area contributed by atoms with Crippen LogP contribution >= 0.6 is 11.3 Å². The topological polar surface area (TPSA) is 70.5 Å². The summed E-state index contributed by atoms with van der Waals surface area (Å²) in [5.74, 6) is -1.00. The first-order chi connectivity index (χ1) is 8.90. The standard InChI is InChI=1S/C13H16N2O3S/c1-9-14-10(7-19-9)3-4-11(16)15-6-5-13(2,8-15)12(17)18/h3-4,7H,5-6,8H2,1-2H3,(H,17,18)/b4-3+. The maximum absolute atomic E-state index is 12.0. The Kier molecular flexibility index (Phi) is 3.71. The van der Waals surface area contributed by atoms with Gasteiger partial charge in [-0.25, -0.2) is 4.98 Å². The molecular weight excluding hydrogens is 264 g/mol. The zero-order chi connectivity index (χ0) is 14.0. The van der Waals surface area contributed by atoms with Crippen LogP contribution in [0.25, 0.3) is 6.08 Å². The van der Waals surface area contributed by atoms with E-state index in [2.05, 4.69) is 4.98 Å². The molecule has 0 radical (unpaired) electrons. The Balaban J connectivity index is 1.99. The molecule has 1 fully saturated rings. The molecule has 2 heterocycles. The van der Waals surface area contributed by atoms with Crippen molar-refractivity contribution < 1.29 is 14.7 Å². The average molecular weight is 280 g/mol. The third-order valence-corrected chi connectivity index (χ3v) is 4.13. The van der Waals surface area contributed by atoms with Crippen LogP contribution in [0, 0.1) is 12.3 Å². The van der Waals surface area contributed by atoms with Crippen LogP contribution in [0.15, 0.2) is 11.5 Å². The van der Waals surface area contributed by atoms with E-state index in [0.717, 1.165) is 10.7 Å². The van der Waals surface area contributed by atoms with Gasteiger partial charge in [-0.2, -0.15) is 0 Å². The number of carboxylic acid groups (broad SMARTS) is 1. The van der Waals surface area contributed by atoms with Crippen LogP contribution in [-0.2, 0) is 9.59 Å². The SMILES string of the molecule is Cc1nc(/C=C/C(=O)N2CCC(C)(C(=O)O)C2)cs1. The Morgan fingerprint density at radius 3 is 2.84 bits per heavy atom. The summed E-state index contributed by atoms with van der Waals surface area (Å²) in [6, 6.07) is 0. The van der Waals surface area contributed by atoms with Crippen LogP contribution in [-0.4, -0.2) is 40.0 Å².